The first-order valence-corrected chi connectivity index (χ1v) is 8.12. The summed E-state index contributed by atoms with van der Waals surface area (Å²) in [6.45, 7) is 1.88. The summed E-state index contributed by atoms with van der Waals surface area (Å²) < 4.78 is 27.2. The molecule has 0 aliphatic heterocycles. The van der Waals surface area contributed by atoms with Crippen LogP contribution in [-0.2, 0) is 10.0 Å². The van der Waals surface area contributed by atoms with Crippen molar-refractivity contribution in [2.75, 3.05) is 0 Å². The third-order valence-corrected chi connectivity index (χ3v) is 5.90. The Morgan fingerprint density at radius 2 is 1.83 bits per heavy atom. The molecule has 0 heterocycles. The first-order chi connectivity index (χ1) is 8.42. The number of nitrogens with one attached hydrogen (secondary N) is 1. The molecule has 1 aromatic carbocycles. The van der Waals surface area contributed by atoms with Crippen LogP contribution in [-0.4, -0.2) is 14.5 Å². The topological polar surface area (TPSA) is 46.2 Å². The third-order valence-electron chi connectivity index (χ3n) is 3.39. The van der Waals surface area contributed by atoms with E-state index in [1.165, 1.54) is 18.6 Å². The molecule has 0 spiro atoms. The zero-order chi connectivity index (χ0) is 13.3. The maximum Gasteiger partial charge on any atom is 0.243 e. The quantitative estimate of drug-likeness (QED) is 0.926. The average molecular weight is 308 g/mol. The van der Waals surface area contributed by atoms with Gasteiger partial charge in [0.25, 0.3) is 0 Å². The Balaban J connectivity index is 2.25. The van der Waals surface area contributed by atoms with Gasteiger partial charge in [-0.05, 0) is 37.8 Å². The van der Waals surface area contributed by atoms with Crippen molar-refractivity contribution in [1.82, 2.24) is 4.72 Å². The second-order valence-corrected chi connectivity index (χ2v) is 7.12. The lowest BCUT2D eigenvalue weighted by molar-refractivity contribution is 0.260. The van der Waals surface area contributed by atoms with Gasteiger partial charge in [-0.15, -0.1) is 0 Å². The van der Waals surface area contributed by atoms with Crippen molar-refractivity contribution >= 4 is 33.2 Å². The lowest BCUT2D eigenvalue weighted by atomic mass is 9.81. The zero-order valence-electron chi connectivity index (χ0n) is 9.99. The molecule has 1 aliphatic rings. The molecule has 1 aliphatic carbocycles. The third kappa shape index (κ3) is 2.82. The number of hydrogen-bond acceptors (Lipinski definition) is 2. The molecule has 1 fully saturated rings. The Morgan fingerprint density at radius 3 is 2.28 bits per heavy atom. The predicted octanol–water partition coefficient (Wildman–Crippen LogP) is 3.46. The van der Waals surface area contributed by atoms with Crippen LogP contribution in [0.2, 0.25) is 10.0 Å². The molecule has 0 radical (unpaired) electrons. The molecule has 0 amide bonds. The second kappa shape index (κ2) is 5.37. The molecule has 6 heteroatoms. The highest BCUT2D eigenvalue weighted by molar-refractivity contribution is 7.89. The van der Waals surface area contributed by atoms with Crippen LogP contribution < -0.4 is 4.72 Å². The van der Waals surface area contributed by atoms with Gasteiger partial charge in [-0.1, -0.05) is 35.7 Å². The summed E-state index contributed by atoms with van der Waals surface area (Å²) in [7, 11) is -3.66. The number of halogens is 2. The highest BCUT2D eigenvalue weighted by Crippen LogP contribution is 2.32. The molecule has 2 rings (SSSR count). The van der Waals surface area contributed by atoms with Crippen molar-refractivity contribution in [3.05, 3.63) is 28.2 Å². The molecular weight excluding hydrogens is 293 g/mol. The van der Waals surface area contributed by atoms with E-state index in [9.17, 15) is 8.42 Å². The minimum atomic E-state index is -3.66. The summed E-state index contributed by atoms with van der Waals surface area (Å²) in [5.74, 6) is 0.418. The molecule has 1 aromatic rings. The number of rotatable bonds is 4. The summed E-state index contributed by atoms with van der Waals surface area (Å²) in [6, 6.07) is 4.58. The highest BCUT2D eigenvalue weighted by atomic mass is 35.5. The largest absolute Gasteiger partial charge is 0.243 e. The van der Waals surface area contributed by atoms with E-state index in [-0.39, 0.29) is 21.0 Å². The molecular formula is C12H15Cl2NO2S. The fraction of sp³-hybridized carbons (Fsp3) is 0.500. The Bertz CT molecular complexity index is 521. The molecule has 3 nitrogen and oxygen atoms in total. The van der Waals surface area contributed by atoms with Crippen molar-refractivity contribution in [1.29, 1.82) is 0 Å². The van der Waals surface area contributed by atoms with Crippen molar-refractivity contribution in [3.8, 4) is 0 Å². The fourth-order valence-electron chi connectivity index (χ4n) is 2.08. The standard InChI is InChI=1S/C12H15Cl2NO2S/c1-8(9-4-2-5-9)15-18(16,17)12-10(13)6-3-7-11(12)14/h3,6-9,15H,2,4-5H2,1H3. The summed E-state index contributed by atoms with van der Waals surface area (Å²) in [5, 5.41) is 0.298. The Morgan fingerprint density at radius 1 is 1.28 bits per heavy atom. The molecule has 1 unspecified atom stereocenters. The van der Waals surface area contributed by atoms with E-state index >= 15 is 0 Å². The number of benzene rings is 1. The Labute approximate surface area is 118 Å². The molecule has 0 saturated heterocycles. The highest BCUT2D eigenvalue weighted by Gasteiger charge is 2.29. The van der Waals surface area contributed by atoms with Gasteiger partial charge in [0.05, 0.1) is 10.0 Å². The van der Waals surface area contributed by atoms with Crippen molar-refractivity contribution in [2.45, 2.75) is 37.1 Å². The molecule has 18 heavy (non-hydrogen) atoms. The van der Waals surface area contributed by atoms with Crippen LogP contribution in [0.1, 0.15) is 26.2 Å². The molecule has 1 saturated carbocycles. The molecule has 1 atom stereocenters. The van der Waals surface area contributed by atoms with Gasteiger partial charge in [-0.25, -0.2) is 13.1 Å². The minimum Gasteiger partial charge on any atom is -0.208 e. The lowest BCUT2D eigenvalue weighted by Crippen LogP contribution is -2.40. The summed E-state index contributed by atoms with van der Waals surface area (Å²) in [5.41, 5.74) is 0. The van der Waals surface area contributed by atoms with Crippen molar-refractivity contribution in [3.63, 3.8) is 0 Å². The first kappa shape index (κ1) is 14.1. The van der Waals surface area contributed by atoms with E-state index in [4.69, 9.17) is 23.2 Å². The number of hydrogen-bond donors (Lipinski definition) is 1. The molecule has 1 N–H and O–H groups in total. The van der Waals surface area contributed by atoms with E-state index in [0.29, 0.717) is 5.92 Å². The van der Waals surface area contributed by atoms with E-state index in [1.807, 2.05) is 6.92 Å². The summed E-state index contributed by atoms with van der Waals surface area (Å²) in [4.78, 5) is -0.0282. The SMILES string of the molecule is CC(NS(=O)(=O)c1c(Cl)cccc1Cl)C1CCC1. The van der Waals surface area contributed by atoms with Gasteiger partial charge < -0.3 is 0 Å². The minimum absolute atomic E-state index is 0.0282. The van der Waals surface area contributed by atoms with E-state index in [0.717, 1.165) is 12.8 Å². The van der Waals surface area contributed by atoms with Crippen LogP contribution in [0.15, 0.2) is 23.1 Å². The second-order valence-electron chi connectivity index (χ2n) is 4.65. The zero-order valence-corrected chi connectivity index (χ0v) is 12.3. The van der Waals surface area contributed by atoms with Gasteiger partial charge in [-0.2, -0.15) is 0 Å². The smallest absolute Gasteiger partial charge is 0.208 e. The van der Waals surface area contributed by atoms with Gasteiger partial charge in [0, 0.05) is 6.04 Å². The van der Waals surface area contributed by atoms with Crippen molar-refractivity contribution in [2.24, 2.45) is 5.92 Å². The van der Waals surface area contributed by atoms with Gasteiger partial charge in [0.2, 0.25) is 10.0 Å². The van der Waals surface area contributed by atoms with Crippen LogP contribution in [0, 0.1) is 5.92 Å². The van der Waals surface area contributed by atoms with Crippen LogP contribution in [0.4, 0.5) is 0 Å². The Hall–Kier alpha value is -0.290. The van der Waals surface area contributed by atoms with Crippen LogP contribution in [0.5, 0.6) is 0 Å². The summed E-state index contributed by atoms with van der Waals surface area (Å²) in [6.07, 6.45) is 3.31. The fourth-order valence-corrected chi connectivity index (χ4v) is 4.54. The van der Waals surface area contributed by atoms with Crippen LogP contribution in [0.25, 0.3) is 0 Å². The lowest BCUT2D eigenvalue weighted by Gasteiger charge is -2.31. The summed E-state index contributed by atoms with van der Waals surface area (Å²) >= 11 is 11.8. The molecule has 0 bridgehead atoms. The Kier molecular flexibility index (Phi) is 4.22. The average Bonchev–Trinajstić information content (AvgIpc) is 2.11. The normalized spacial score (nSPS) is 18.4. The number of sulfonamides is 1. The maximum atomic E-state index is 12.2. The van der Waals surface area contributed by atoms with E-state index in [2.05, 4.69) is 4.72 Å². The van der Waals surface area contributed by atoms with Gasteiger partial charge in [0.15, 0.2) is 0 Å². The first-order valence-electron chi connectivity index (χ1n) is 5.88. The predicted molar refractivity (Wildman–Crippen MR) is 73.6 cm³/mol. The van der Waals surface area contributed by atoms with Gasteiger partial charge in [-0.3, -0.25) is 0 Å². The van der Waals surface area contributed by atoms with Gasteiger partial charge in [0.1, 0.15) is 4.90 Å². The molecule has 0 aromatic heterocycles. The monoisotopic (exact) mass is 307 g/mol. The van der Waals surface area contributed by atoms with E-state index in [1.54, 1.807) is 6.07 Å². The van der Waals surface area contributed by atoms with E-state index < -0.39 is 10.0 Å². The maximum absolute atomic E-state index is 12.2. The molecule has 100 valence electrons. The van der Waals surface area contributed by atoms with Crippen LogP contribution in [0.3, 0.4) is 0 Å². The van der Waals surface area contributed by atoms with Crippen molar-refractivity contribution < 1.29 is 8.42 Å². The van der Waals surface area contributed by atoms with Crippen LogP contribution >= 0.6 is 23.2 Å². The van der Waals surface area contributed by atoms with Gasteiger partial charge >= 0.3 is 0 Å².